The SMILES string of the molecule is CC(CCCCC=O)NCC(O)COc1cccc2ccccc12. The summed E-state index contributed by atoms with van der Waals surface area (Å²) in [6.07, 6.45) is 4.00. The van der Waals surface area contributed by atoms with E-state index in [2.05, 4.69) is 12.2 Å². The molecule has 0 bridgehead atoms. The summed E-state index contributed by atoms with van der Waals surface area (Å²) in [4.78, 5) is 10.3. The van der Waals surface area contributed by atoms with Crippen LogP contribution in [0.25, 0.3) is 10.8 Å². The van der Waals surface area contributed by atoms with Crippen LogP contribution in [0.1, 0.15) is 32.6 Å². The third-order valence-corrected chi connectivity index (χ3v) is 4.09. The number of unbranched alkanes of at least 4 members (excludes halogenated alkanes) is 2. The van der Waals surface area contributed by atoms with Crippen molar-refractivity contribution in [2.24, 2.45) is 0 Å². The highest BCUT2D eigenvalue weighted by atomic mass is 16.5. The number of carbonyl (C=O) groups excluding carboxylic acids is 1. The molecule has 24 heavy (non-hydrogen) atoms. The minimum Gasteiger partial charge on any atom is -0.490 e. The van der Waals surface area contributed by atoms with Gasteiger partial charge in [0.15, 0.2) is 0 Å². The highest BCUT2D eigenvalue weighted by Gasteiger charge is 2.09. The van der Waals surface area contributed by atoms with Gasteiger partial charge in [-0.3, -0.25) is 0 Å². The van der Waals surface area contributed by atoms with Crippen molar-refractivity contribution in [3.63, 3.8) is 0 Å². The molecule has 0 amide bonds. The average molecular weight is 329 g/mol. The average Bonchev–Trinajstić information content (AvgIpc) is 2.61. The van der Waals surface area contributed by atoms with E-state index in [0.717, 1.165) is 42.1 Å². The van der Waals surface area contributed by atoms with Crippen LogP contribution in [-0.4, -0.2) is 36.7 Å². The Morgan fingerprint density at radius 2 is 1.96 bits per heavy atom. The number of hydrogen-bond acceptors (Lipinski definition) is 4. The van der Waals surface area contributed by atoms with Crippen molar-refractivity contribution in [3.05, 3.63) is 42.5 Å². The molecule has 2 atom stereocenters. The molecular formula is C20H27NO3. The highest BCUT2D eigenvalue weighted by Crippen LogP contribution is 2.25. The first-order chi connectivity index (χ1) is 11.7. The van der Waals surface area contributed by atoms with Gasteiger partial charge in [-0.15, -0.1) is 0 Å². The summed E-state index contributed by atoms with van der Waals surface area (Å²) in [6, 6.07) is 14.3. The van der Waals surface area contributed by atoms with Crippen molar-refractivity contribution in [2.75, 3.05) is 13.2 Å². The zero-order chi connectivity index (χ0) is 17.2. The molecule has 2 aromatic rings. The van der Waals surface area contributed by atoms with Gasteiger partial charge in [-0.05, 0) is 31.2 Å². The van der Waals surface area contributed by atoms with E-state index in [1.807, 2.05) is 42.5 Å². The van der Waals surface area contributed by atoms with E-state index in [4.69, 9.17) is 4.74 Å². The summed E-state index contributed by atoms with van der Waals surface area (Å²) in [5, 5.41) is 15.6. The predicted octanol–water partition coefficient (Wildman–Crippen LogP) is 3.32. The predicted molar refractivity (Wildman–Crippen MR) is 97.4 cm³/mol. The Bertz CT molecular complexity index is 624. The largest absolute Gasteiger partial charge is 0.490 e. The summed E-state index contributed by atoms with van der Waals surface area (Å²) < 4.78 is 5.80. The number of ether oxygens (including phenoxy) is 1. The van der Waals surface area contributed by atoms with E-state index in [0.29, 0.717) is 19.0 Å². The Morgan fingerprint density at radius 1 is 1.17 bits per heavy atom. The molecule has 0 aliphatic heterocycles. The molecule has 0 saturated heterocycles. The lowest BCUT2D eigenvalue weighted by molar-refractivity contribution is -0.107. The fourth-order valence-corrected chi connectivity index (χ4v) is 2.68. The third kappa shape index (κ3) is 5.95. The summed E-state index contributed by atoms with van der Waals surface area (Å²) in [5.74, 6) is 0.800. The van der Waals surface area contributed by atoms with E-state index >= 15 is 0 Å². The van der Waals surface area contributed by atoms with Gasteiger partial charge in [0, 0.05) is 24.4 Å². The number of aliphatic hydroxyl groups excluding tert-OH is 1. The van der Waals surface area contributed by atoms with E-state index in [-0.39, 0.29) is 6.61 Å². The second kappa shape index (κ2) is 10.1. The molecule has 0 radical (unpaired) electrons. The Labute approximate surface area is 143 Å². The topological polar surface area (TPSA) is 58.6 Å². The maximum absolute atomic E-state index is 10.3. The van der Waals surface area contributed by atoms with Crippen LogP contribution in [-0.2, 0) is 4.79 Å². The number of rotatable bonds is 11. The van der Waals surface area contributed by atoms with Crippen molar-refractivity contribution in [3.8, 4) is 5.75 Å². The lowest BCUT2D eigenvalue weighted by Crippen LogP contribution is -2.36. The number of carbonyl (C=O) groups is 1. The molecule has 2 unspecified atom stereocenters. The smallest absolute Gasteiger partial charge is 0.127 e. The summed E-state index contributed by atoms with van der Waals surface area (Å²) in [7, 11) is 0. The number of benzene rings is 2. The fourth-order valence-electron chi connectivity index (χ4n) is 2.68. The van der Waals surface area contributed by atoms with Crippen LogP contribution in [0.15, 0.2) is 42.5 Å². The number of hydrogen-bond donors (Lipinski definition) is 2. The molecule has 0 heterocycles. The summed E-state index contributed by atoms with van der Waals surface area (Å²) in [6.45, 7) is 2.86. The molecule has 2 N–H and O–H groups in total. The van der Waals surface area contributed by atoms with Crippen molar-refractivity contribution in [2.45, 2.75) is 44.8 Å². The zero-order valence-corrected chi connectivity index (χ0v) is 14.3. The number of nitrogens with one attached hydrogen (secondary N) is 1. The first-order valence-electron chi connectivity index (χ1n) is 8.66. The zero-order valence-electron chi connectivity index (χ0n) is 14.3. The highest BCUT2D eigenvalue weighted by molar-refractivity contribution is 5.88. The molecule has 0 aromatic heterocycles. The van der Waals surface area contributed by atoms with Crippen molar-refractivity contribution in [1.29, 1.82) is 0 Å². The standard InChI is InChI=1S/C20H27NO3/c1-16(8-3-2-6-13-22)21-14-18(23)15-24-20-12-7-10-17-9-4-5-11-19(17)20/h4-5,7,9-13,16,18,21,23H,2-3,6,8,14-15H2,1H3. The van der Waals surface area contributed by atoms with Gasteiger partial charge in [-0.25, -0.2) is 0 Å². The van der Waals surface area contributed by atoms with Gasteiger partial charge < -0.3 is 20.0 Å². The van der Waals surface area contributed by atoms with Gasteiger partial charge in [0.05, 0.1) is 0 Å². The van der Waals surface area contributed by atoms with Crippen LogP contribution in [0.3, 0.4) is 0 Å². The Balaban J connectivity index is 1.72. The molecule has 4 nitrogen and oxygen atoms in total. The molecule has 2 rings (SSSR count). The van der Waals surface area contributed by atoms with Gasteiger partial charge in [0.2, 0.25) is 0 Å². The molecule has 130 valence electrons. The first-order valence-corrected chi connectivity index (χ1v) is 8.66. The van der Waals surface area contributed by atoms with Crippen molar-refractivity contribution >= 4 is 17.1 Å². The lowest BCUT2D eigenvalue weighted by Gasteiger charge is -2.18. The Morgan fingerprint density at radius 3 is 2.79 bits per heavy atom. The molecule has 0 fully saturated rings. The monoisotopic (exact) mass is 329 g/mol. The van der Waals surface area contributed by atoms with Crippen molar-refractivity contribution in [1.82, 2.24) is 5.32 Å². The van der Waals surface area contributed by atoms with Gasteiger partial charge in [-0.1, -0.05) is 42.8 Å². The van der Waals surface area contributed by atoms with Crippen LogP contribution < -0.4 is 10.1 Å². The molecule has 0 aliphatic rings. The Hall–Kier alpha value is -1.91. The maximum atomic E-state index is 10.3. The Kier molecular flexibility index (Phi) is 7.72. The lowest BCUT2D eigenvalue weighted by atomic mass is 10.1. The van der Waals surface area contributed by atoms with Gasteiger partial charge in [0.1, 0.15) is 24.7 Å². The summed E-state index contributed by atoms with van der Waals surface area (Å²) in [5.41, 5.74) is 0. The van der Waals surface area contributed by atoms with E-state index in [9.17, 15) is 9.90 Å². The van der Waals surface area contributed by atoms with E-state index in [1.165, 1.54) is 0 Å². The van der Waals surface area contributed by atoms with Crippen LogP contribution in [0, 0.1) is 0 Å². The van der Waals surface area contributed by atoms with Crippen LogP contribution in [0.2, 0.25) is 0 Å². The minimum absolute atomic E-state index is 0.263. The second-order valence-electron chi connectivity index (χ2n) is 6.20. The molecule has 4 heteroatoms. The van der Waals surface area contributed by atoms with Crippen molar-refractivity contribution < 1.29 is 14.6 Å². The van der Waals surface area contributed by atoms with Gasteiger partial charge in [0.25, 0.3) is 0 Å². The van der Waals surface area contributed by atoms with Crippen LogP contribution in [0.4, 0.5) is 0 Å². The number of aldehydes is 1. The van der Waals surface area contributed by atoms with Gasteiger partial charge in [-0.2, -0.15) is 0 Å². The van der Waals surface area contributed by atoms with E-state index in [1.54, 1.807) is 0 Å². The van der Waals surface area contributed by atoms with Crippen LogP contribution in [0.5, 0.6) is 5.75 Å². The number of aliphatic hydroxyl groups is 1. The van der Waals surface area contributed by atoms with Gasteiger partial charge >= 0.3 is 0 Å². The molecule has 2 aromatic carbocycles. The first kappa shape index (κ1) is 18.4. The fraction of sp³-hybridized carbons (Fsp3) is 0.450. The quantitative estimate of drug-likeness (QED) is 0.490. The molecule has 0 spiro atoms. The third-order valence-electron chi connectivity index (χ3n) is 4.09. The molecule has 0 aliphatic carbocycles. The maximum Gasteiger partial charge on any atom is 0.127 e. The minimum atomic E-state index is -0.554. The molecule has 0 saturated carbocycles. The van der Waals surface area contributed by atoms with E-state index < -0.39 is 6.10 Å². The van der Waals surface area contributed by atoms with Crippen LogP contribution >= 0.6 is 0 Å². The second-order valence-corrected chi connectivity index (χ2v) is 6.20. The summed E-state index contributed by atoms with van der Waals surface area (Å²) >= 11 is 0. The normalized spacial score (nSPS) is 13.6. The molecular weight excluding hydrogens is 302 g/mol. The number of fused-ring (bicyclic) bond motifs is 1.